The number of esters is 1. The molecule has 17 heavy (non-hydrogen) atoms. The molecule has 0 radical (unpaired) electrons. The number of allylic oxidation sites excluding steroid dienone is 4. The van der Waals surface area contributed by atoms with Crippen molar-refractivity contribution in [3.05, 3.63) is 23.3 Å². The van der Waals surface area contributed by atoms with Crippen LogP contribution in [-0.2, 0) is 14.3 Å². The Balaban J connectivity index is 2.68. The van der Waals surface area contributed by atoms with Gasteiger partial charge in [0.15, 0.2) is 5.78 Å². The van der Waals surface area contributed by atoms with Gasteiger partial charge in [-0.25, -0.2) is 0 Å². The molecule has 0 fully saturated rings. The lowest BCUT2D eigenvalue weighted by Crippen LogP contribution is -2.19. The summed E-state index contributed by atoms with van der Waals surface area (Å²) in [6.07, 6.45) is 7.42. The van der Waals surface area contributed by atoms with Gasteiger partial charge in [0, 0.05) is 5.92 Å². The summed E-state index contributed by atoms with van der Waals surface area (Å²) in [6, 6.07) is 0. The monoisotopic (exact) mass is 256 g/mol. The van der Waals surface area contributed by atoms with E-state index < -0.39 is 0 Å². The minimum atomic E-state index is -0.310. The highest BCUT2D eigenvalue weighted by Crippen LogP contribution is 2.34. The van der Waals surface area contributed by atoms with E-state index in [1.54, 1.807) is 6.08 Å². The summed E-state index contributed by atoms with van der Waals surface area (Å²) in [4.78, 5) is 23.0. The molecule has 0 aromatic carbocycles. The van der Waals surface area contributed by atoms with Crippen molar-refractivity contribution in [2.75, 3.05) is 7.11 Å². The standard InChI is InChI=1S/C13H17ClO3/c1-3-4-5-6-10-9(8-12(15)17-2)7-11(14)13(10)16/h4-5,7,9-10H,3,6,8H2,1-2H3/b5-4-. The van der Waals surface area contributed by atoms with Crippen molar-refractivity contribution in [2.24, 2.45) is 11.8 Å². The van der Waals surface area contributed by atoms with Gasteiger partial charge in [0.25, 0.3) is 0 Å². The van der Waals surface area contributed by atoms with Gasteiger partial charge in [-0.1, -0.05) is 36.8 Å². The fourth-order valence-electron chi connectivity index (χ4n) is 1.93. The Labute approximate surface area is 106 Å². The average molecular weight is 257 g/mol. The molecular weight excluding hydrogens is 240 g/mol. The van der Waals surface area contributed by atoms with Crippen molar-refractivity contribution in [1.29, 1.82) is 0 Å². The van der Waals surface area contributed by atoms with Crippen molar-refractivity contribution in [2.45, 2.75) is 26.2 Å². The number of rotatable bonds is 5. The Bertz CT molecular complexity index is 358. The largest absolute Gasteiger partial charge is 0.469 e. The van der Waals surface area contributed by atoms with E-state index in [1.807, 2.05) is 19.1 Å². The number of hydrogen-bond acceptors (Lipinski definition) is 3. The van der Waals surface area contributed by atoms with Crippen LogP contribution in [0.2, 0.25) is 0 Å². The lowest BCUT2D eigenvalue weighted by Gasteiger charge is -2.14. The Kier molecular flexibility index (Phi) is 5.42. The molecule has 0 amide bonds. The fourth-order valence-corrected chi connectivity index (χ4v) is 2.23. The van der Waals surface area contributed by atoms with Crippen LogP contribution in [0.25, 0.3) is 0 Å². The van der Waals surface area contributed by atoms with E-state index >= 15 is 0 Å². The van der Waals surface area contributed by atoms with Crippen LogP contribution in [0.1, 0.15) is 26.2 Å². The van der Waals surface area contributed by atoms with Gasteiger partial charge in [-0.05, 0) is 18.8 Å². The molecule has 0 bridgehead atoms. The second-order valence-corrected chi connectivity index (χ2v) is 4.45. The van der Waals surface area contributed by atoms with Crippen LogP contribution < -0.4 is 0 Å². The highest BCUT2D eigenvalue weighted by molar-refractivity contribution is 6.43. The Morgan fingerprint density at radius 2 is 2.24 bits per heavy atom. The van der Waals surface area contributed by atoms with Crippen LogP contribution in [-0.4, -0.2) is 18.9 Å². The molecule has 1 rings (SSSR count). The van der Waals surface area contributed by atoms with Crippen LogP contribution in [0.4, 0.5) is 0 Å². The quantitative estimate of drug-likeness (QED) is 0.561. The van der Waals surface area contributed by atoms with E-state index in [0.717, 1.165) is 6.42 Å². The normalized spacial score (nSPS) is 24.2. The number of hydrogen-bond donors (Lipinski definition) is 0. The zero-order valence-corrected chi connectivity index (χ0v) is 10.9. The third-order valence-corrected chi connectivity index (χ3v) is 3.18. The van der Waals surface area contributed by atoms with E-state index in [4.69, 9.17) is 11.6 Å². The second kappa shape index (κ2) is 6.60. The van der Waals surface area contributed by atoms with Crippen molar-refractivity contribution < 1.29 is 14.3 Å². The Morgan fingerprint density at radius 3 is 2.82 bits per heavy atom. The number of carbonyl (C=O) groups is 2. The number of ether oxygens (including phenoxy) is 1. The molecule has 0 heterocycles. The van der Waals surface area contributed by atoms with E-state index in [-0.39, 0.29) is 35.0 Å². The van der Waals surface area contributed by atoms with Gasteiger partial charge >= 0.3 is 5.97 Å². The molecule has 2 unspecified atom stereocenters. The molecule has 0 spiro atoms. The van der Waals surface area contributed by atoms with Crippen LogP contribution in [0.15, 0.2) is 23.3 Å². The summed E-state index contributed by atoms with van der Waals surface area (Å²) in [5.41, 5.74) is 0. The molecule has 1 aliphatic rings. The molecule has 0 N–H and O–H groups in total. The number of carbonyl (C=O) groups excluding carboxylic acids is 2. The van der Waals surface area contributed by atoms with Gasteiger partial charge in [0.05, 0.1) is 18.6 Å². The van der Waals surface area contributed by atoms with Gasteiger partial charge < -0.3 is 4.74 Å². The maximum Gasteiger partial charge on any atom is 0.306 e. The molecule has 3 nitrogen and oxygen atoms in total. The van der Waals surface area contributed by atoms with Crippen LogP contribution in [0, 0.1) is 11.8 Å². The Morgan fingerprint density at radius 1 is 1.53 bits per heavy atom. The molecule has 0 aromatic heterocycles. The smallest absolute Gasteiger partial charge is 0.306 e. The third-order valence-electron chi connectivity index (χ3n) is 2.87. The zero-order valence-electron chi connectivity index (χ0n) is 10.1. The van der Waals surface area contributed by atoms with Crippen molar-refractivity contribution in [3.8, 4) is 0 Å². The summed E-state index contributed by atoms with van der Waals surface area (Å²) in [5.74, 6) is -0.732. The second-order valence-electron chi connectivity index (χ2n) is 4.04. The van der Waals surface area contributed by atoms with Crippen molar-refractivity contribution in [3.63, 3.8) is 0 Å². The first kappa shape index (κ1) is 14.0. The molecule has 0 aliphatic heterocycles. The molecule has 0 saturated heterocycles. The molecule has 0 saturated carbocycles. The summed E-state index contributed by atoms with van der Waals surface area (Å²) >= 11 is 5.83. The summed E-state index contributed by atoms with van der Waals surface area (Å²) in [5, 5.41) is 0.244. The van der Waals surface area contributed by atoms with Crippen LogP contribution >= 0.6 is 11.6 Å². The molecule has 4 heteroatoms. The SMILES string of the molecule is CC/C=C\CC1C(=O)C(Cl)=CC1CC(=O)OC. The lowest BCUT2D eigenvalue weighted by atomic mass is 9.89. The topological polar surface area (TPSA) is 43.4 Å². The first-order chi connectivity index (χ1) is 8.10. The minimum absolute atomic E-state index is 0.0682. The average Bonchev–Trinajstić information content (AvgIpc) is 2.57. The van der Waals surface area contributed by atoms with Gasteiger partial charge in [0.2, 0.25) is 0 Å². The first-order valence-electron chi connectivity index (χ1n) is 5.73. The van der Waals surface area contributed by atoms with Gasteiger partial charge in [0.1, 0.15) is 0 Å². The van der Waals surface area contributed by atoms with Gasteiger partial charge in [-0.3, -0.25) is 9.59 Å². The maximum atomic E-state index is 11.8. The molecular formula is C13H17ClO3. The number of halogens is 1. The zero-order chi connectivity index (χ0) is 12.8. The lowest BCUT2D eigenvalue weighted by molar-refractivity contribution is -0.141. The van der Waals surface area contributed by atoms with Crippen LogP contribution in [0.5, 0.6) is 0 Å². The van der Waals surface area contributed by atoms with Gasteiger partial charge in [-0.15, -0.1) is 0 Å². The number of Topliss-reactive ketones (excluding diaryl/α,β-unsaturated/α-hetero) is 1. The maximum absolute atomic E-state index is 11.8. The van der Waals surface area contributed by atoms with E-state index in [9.17, 15) is 9.59 Å². The molecule has 94 valence electrons. The Hall–Kier alpha value is -1.09. The fraction of sp³-hybridized carbons (Fsp3) is 0.538. The van der Waals surface area contributed by atoms with E-state index in [2.05, 4.69) is 4.74 Å². The number of methoxy groups -OCH3 is 1. The molecule has 2 atom stereocenters. The highest BCUT2D eigenvalue weighted by Gasteiger charge is 2.35. The summed E-state index contributed by atoms with van der Waals surface area (Å²) in [6.45, 7) is 2.03. The third kappa shape index (κ3) is 3.70. The number of ketones is 1. The molecule has 0 aromatic rings. The van der Waals surface area contributed by atoms with Crippen LogP contribution in [0.3, 0.4) is 0 Å². The van der Waals surface area contributed by atoms with E-state index in [1.165, 1.54) is 7.11 Å². The summed E-state index contributed by atoms with van der Waals surface area (Å²) in [7, 11) is 1.34. The summed E-state index contributed by atoms with van der Waals surface area (Å²) < 4.78 is 4.62. The predicted octanol–water partition coefficient (Wildman–Crippen LogP) is 2.84. The predicted molar refractivity (Wildman–Crippen MR) is 66.6 cm³/mol. The highest BCUT2D eigenvalue weighted by atomic mass is 35.5. The molecule has 1 aliphatic carbocycles. The van der Waals surface area contributed by atoms with Crippen molar-refractivity contribution >= 4 is 23.4 Å². The van der Waals surface area contributed by atoms with Crippen molar-refractivity contribution in [1.82, 2.24) is 0 Å². The van der Waals surface area contributed by atoms with Gasteiger partial charge in [-0.2, -0.15) is 0 Å². The first-order valence-corrected chi connectivity index (χ1v) is 6.11. The minimum Gasteiger partial charge on any atom is -0.469 e. The van der Waals surface area contributed by atoms with E-state index in [0.29, 0.717) is 6.42 Å².